The Hall–Kier alpha value is -2.43. The van der Waals surface area contributed by atoms with Crippen LogP contribution in [0.2, 0.25) is 5.02 Å². The SMILES string of the molecule is COC(=O)[C@H](C)Oc1c(OC)cc(C=Nn2c(C(C)C)nc3ccc(Br)cc3c2=O)c(Br)c1Cl. The van der Waals surface area contributed by atoms with Crippen LogP contribution in [0.25, 0.3) is 10.9 Å². The molecular weight excluding hydrogens is 594 g/mol. The van der Waals surface area contributed by atoms with Gasteiger partial charge in [0, 0.05) is 20.4 Å². The van der Waals surface area contributed by atoms with Crippen LogP contribution in [0.15, 0.2) is 43.1 Å². The van der Waals surface area contributed by atoms with Crippen LogP contribution in [-0.4, -0.2) is 42.2 Å². The molecule has 1 heterocycles. The van der Waals surface area contributed by atoms with Gasteiger partial charge in [-0.25, -0.2) is 9.78 Å². The summed E-state index contributed by atoms with van der Waals surface area (Å²) in [6.45, 7) is 5.40. The van der Waals surface area contributed by atoms with Gasteiger partial charge < -0.3 is 14.2 Å². The standard InChI is InChI=1S/C23H22Br2ClN3O5/c1-11(2)21-28-16-7-6-14(24)9-15(16)22(30)29(21)27-10-13-8-17(32-4)20(19(26)18(13)25)34-12(3)23(31)33-5/h6-12H,1-5H3/t12-/m0/s1. The second kappa shape index (κ2) is 10.9. The van der Waals surface area contributed by atoms with Crippen molar-refractivity contribution in [2.24, 2.45) is 5.10 Å². The average Bonchev–Trinajstić information content (AvgIpc) is 2.81. The molecule has 180 valence electrons. The molecule has 0 amide bonds. The molecule has 1 aromatic heterocycles. The van der Waals surface area contributed by atoms with E-state index in [1.807, 2.05) is 19.9 Å². The summed E-state index contributed by atoms with van der Waals surface area (Å²) < 4.78 is 18.3. The van der Waals surface area contributed by atoms with Crippen LogP contribution in [0.1, 0.15) is 38.1 Å². The van der Waals surface area contributed by atoms with Gasteiger partial charge in [0.1, 0.15) is 10.8 Å². The topological polar surface area (TPSA) is 92.0 Å². The number of aromatic nitrogens is 2. The molecule has 3 aromatic rings. The summed E-state index contributed by atoms with van der Waals surface area (Å²) in [5.41, 5.74) is 0.818. The molecule has 0 radical (unpaired) electrons. The lowest BCUT2D eigenvalue weighted by molar-refractivity contribution is -0.147. The Kier molecular flexibility index (Phi) is 8.38. The number of nitrogens with zero attached hydrogens (tertiary/aromatic N) is 3. The van der Waals surface area contributed by atoms with Gasteiger partial charge >= 0.3 is 5.97 Å². The van der Waals surface area contributed by atoms with Crippen LogP contribution in [0, 0.1) is 0 Å². The summed E-state index contributed by atoms with van der Waals surface area (Å²) >= 11 is 13.4. The van der Waals surface area contributed by atoms with Crippen molar-refractivity contribution in [2.45, 2.75) is 32.8 Å². The normalized spacial score (nSPS) is 12.4. The van der Waals surface area contributed by atoms with Crippen molar-refractivity contribution in [3.8, 4) is 11.5 Å². The molecule has 0 saturated heterocycles. The number of hydrogen-bond acceptors (Lipinski definition) is 7. The van der Waals surface area contributed by atoms with Crippen molar-refractivity contribution in [2.75, 3.05) is 14.2 Å². The van der Waals surface area contributed by atoms with Gasteiger partial charge in [0.2, 0.25) is 0 Å². The Morgan fingerprint density at radius 3 is 2.53 bits per heavy atom. The van der Waals surface area contributed by atoms with Crippen LogP contribution >= 0.6 is 43.5 Å². The summed E-state index contributed by atoms with van der Waals surface area (Å²) in [4.78, 5) is 29.6. The molecule has 34 heavy (non-hydrogen) atoms. The van der Waals surface area contributed by atoms with E-state index in [-0.39, 0.29) is 28.0 Å². The summed E-state index contributed by atoms with van der Waals surface area (Å²) in [6, 6.07) is 6.97. The quantitative estimate of drug-likeness (QED) is 0.257. The first-order valence-corrected chi connectivity index (χ1v) is 12.1. The lowest BCUT2D eigenvalue weighted by Crippen LogP contribution is -2.25. The molecule has 3 rings (SSSR count). The zero-order valence-corrected chi connectivity index (χ0v) is 23.0. The Morgan fingerprint density at radius 1 is 1.21 bits per heavy atom. The number of hydrogen-bond donors (Lipinski definition) is 0. The van der Waals surface area contributed by atoms with Crippen LogP contribution in [0.4, 0.5) is 0 Å². The van der Waals surface area contributed by atoms with Gasteiger partial charge in [-0.2, -0.15) is 9.78 Å². The van der Waals surface area contributed by atoms with E-state index in [1.165, 1.54) is 32.0 Å². The van der Waals surface area contributed by atoms with Crippen LogP contribution in [-0.2, 0) is 9.53 Å². The second-order valence-corrected chi connectivity index (χ2v) is 9.64. The largest absolute Gasteiger partial charge is 0.493 e. The molecule has 11 heteroatoms. The maximum absolute atomic E-state index is 13.2. The Labute approximate surface area is 218 Å². The molecule has 1 atom stereocenters. The zero-order valence-electron chi connectivity index (χ0n) is 19.1. The molecule has 0 saturated carbocycles. The summed E-state index contributed by atoms with van der Waals surface area (Å²) in [5, 5.41) is 5.04. The lowest BCUT2D eigenvalue weighted by atomic mass is 10.2. The smallest absolute Gasteiger partial charge is 0.346 e. The summed E-state index contributed by atoms with van der Waals surface area (Å²) in [5.74, 6) is 0.342. The molecule has 0 spiro atoms. The fourth-order valence-electron chi connectivity index (χ4n) is 3.12. The van der Waals surface area contributed by atoms with Gasteiger partial charge in [0.25, 0.3) is 5.56 Å². The summed E-state index contributed by atoms with van der Waals surface area (Å²) in [7, 11) is 2.72. The maximum Gasteiger partial charge on any atom is 0.346 e. The number of carbonyl (C=O) groups is 1. The summed E-state index contributed by atoms with van der Waals surface area (Å²) in [6.07, 6.45) is 0.572. The minimum atomic E-state index is -0.905. The Morgan fingerprint density at radius 2 is 1.91 bits per heavy atom. The first kappa shape index (κ1) is 26.2. The van der Waals surface area contributed by atoms with Gasteiger partial charge in [-0.1, -0.05) is 41.4 Å². The van der Waals surface area contributed by atoms with E-state index >= 15 is 0 Å². The van der Waals surface area contributed by atoms with Crippen LogP contribution < -0.4 is 15.0 Å². The molecule has 0 aliphatic rings. The number of esters is 1. The van der Waals surface area contributed by atoms with Crippen molar-refractivity contribution in [3.05, 3.63) is 60.0 Å². The highest BCUT2D eigenvalue weighted by Gasteiger charge is 2.23. The number of carbonyl (C=O) groups excluding carboxylic acids is 1. The predicted octanol–water partition coefficient (Wildman–Crippen LogP) is 5.53. The monoisotopic (exact) mass is 613 g/mol. The Bertz CT molecular complexity index is 1340. The molecule has 2 aromatic carbocycles. The molecular formula is C23H22Br2ClN3O5. The van der Waals surface area contributed by atoms with Gasteiger partial charge in [0.15, 0.2) is 17.6 Å². The van der Waals surface area contributed by atoms with Gasteiger partial charge in [-0.05, 0) is 47.1 Å². The number of fused-ring (bicyclic) bond motifs is 1. The first-order valence-electron chi connectivity index (χ1n) is 10.2. The number of rotatable bonds is 7. The van der Waals surface area contributed by atoms with Crippen molar-refractivity contribution < 1.29 is 19.0 Å². The van der Waals surface area contributed by atoms with Crippen LogP contribution in [0.3, 0.4) is 0 Å². The lowest BCUT2D eigenvalue weighted by Gasteiger charge is -2.18. The number of halogens is 3. The highest BCUT2D eigenvalue weighted by molar-refractivity contribution is 9.10. The number of ether oxygens (including phenoxy) is 3. The van der Waals surface area contributed by atoms with Gasteiger partial charge in [0.05, 0.1) is 31.3 Å². The fourth-order valence-corrected chi connectivity index (χ4v) is 4.13. The molecule has 0 unspecified atom stereocenters. The average molecular weight is 616 g/mol. The zero-order chi connectivity index (χ0) is 25.2. The molecule has 0 aliphatic carbocycles. The highest BCUT2D eigenvalue weighted by Crippen LogP contribution is 2.42. The van der Waals surface area contributed by atoms with Crippen LogP contribution in [0.5, 0.6) is 11.5 Å². The molecule has 8 nitrogen and oxygen atoms in total. The van der Waals surface area contributed by atoms with Crippen molar-refractivity contribution >= 4 is 66.5 Å². The predicted molar refractivity (Wildman–Crippen MR) is 139 cm³/mol. The second-order valence-electron chi connectivity index (χ2n) is 7.56. The molecule has 0 aliphatic heterocycles. The van der Waals surface area contributed by atoms with Gasteiger partial charge in [-0.15, -0.1) is 0 Å². The molecule has 0 N–H and O–H groups in total. The number of benzene rings is 2. The van der Waals surface area contributed by atoms with E-state index in [9.17, 15) is 9.59 Å². The number of methoxy groups -OCH3 is 2. The van der Waals surface area contributed by atoms with Crippen molar-refractivity contribution in [1.29, 1.82) is 0 Å². The van der Waals surface area contributed by atoms with E-state index in [0.717, 1.165) is 4.47 Å². The van der Waals surface area contributed by atoms with Crippen molar-refractivity contribution in [3.63, 3.8) is 0 Å². The van der Waals surface area contributed by atoms with Crippen molar-refractivity contribution in [1.82, 2.24) is 9.66 Å². The van der Waals surface area contributed by atoms with E-state index in [2.05, 4.69) is 41.9 Å². The highest BCUT2D eigenvalue weighted by atomic mass is 79.9. The van der Waals surface area contributed by atoms with E-state index in [0.29, 0.717) is 26.8 Å². The minimum absolute atomic E-state index is 0.0601. The first-order chi connectivity index (χ1) is 16.1. The Balaban J connectivity index is 2.12. The third-order valence-corrected chi connectivity index (χ3v) is 6.80. The molecule has 0 bridgehead atoms. The van der Waals surface area contributed by atoms with E-state index in [1.54, 1.807) is 18.2 Å². The van der Waals surface area contributed by atoms with E-state index in [4.69, 9.17) is 25.8 Å². The molecule has 0 fully saturated rings. The van der Waals surface area contributed by atoms with Gasteiger partial charge in [-0.3, -0.25) is 4.79 Å². The van der Waals surface area contributed by atoms with E-state index < -0.39 is 12.1 Å². The fraction of sp³-hybridized carbons (Fsp3) is 0.304. The maximum atomic E-state index is 13.2. The third-order valence-electron chi connectivity index (χ3n) is 4.87. The minimum Gasteiger partial charge on any atom is -0.493 e. The third kappa shape index (κ3) is 5.29.